The summed E-state index contributed by atoms with van der Waals surface area (Å²) in [4.78, 5) is 39.6. The van der Waals surface area contributed by atoms with Gasteiger partial charge in [-0.1, -0.05) is 32.9 Å². The van der Waals surface area contributed by atoms with E-state index in [2.05, 4.69) is 5.32 Å². The van der Waals surface area contributed by atoms with Gasteiger partial charge in [-0.25, -0.2) is 4.79 Å². The smallest absolute Gasteiger partial charge is 0.336 e. The third kappa shape index (κ3) is 5.98. The van der Waals surface area contributed by atoms with E-state index in [4.69, 9.17) is 18.9 Å². The summed E-state index contributed by atoms with van der Waals surface area (Å²) in [5.41, 5.74) is 2.85. The van der Waals surface area contributed by atoms with Crippen LogP contribution in [0.1, 0.15) is 58.4 Å². The minimum absolute atomic E-state index is 0.105. The molecule has 0 fully saturated rings. The van der Waals surface area contributed by atoms with Gasteiger partial charge in [0, 0.05) is 29.5 Å². The van der Waals surface area contributed by atoms with E-state index < -0.39 is 23.8 Å². The van der Waals surface area contributed by atoms with Gasteiger partial charge >= 0.3 is 11.9 Å². The quantitative estimate of drug-likeness (QED) is 0.276. The van der Waals surface area contributed by atoms with Gasteiger partial charge in [-0.3, -0.25) is 9.59 Å². The molecule has 0 bridgehead atoms. The van der Waals surface area contributed by atoms with Crippen LogP contribution in [0, 0.1) is 11.8 Å². The first-order valence-corrected chi connectivity index (χ1v) is 12.6. The molecule has 0 amide bonds. The maximum Gasteiger partial charge on any atom is 0.336 e. The Kier molecular flexibility index (Phi) is 9.70. The molecule has 3 rings (SSSR count). The first kappa shape index (κ1) is 27.5. The number of hydrogen-bond donors (Lipinski definition) is 1. The molecule has 1 N–H and O–H groups in total. The highest BCUT2D eigenvalue weighted by Crippen LogP contribution is 2.45. The van der Waals surface area contributed by atoms with Crippen molar-refractivity contribution in [3.05, 3.63) is 52.4 Å². The van der Waals surface area contributed by atoms with Crippen molar-refractivity contribution < 1.29 is 33.3 Å². The van der Waals surface area contributed by atoms with Crippen LogP contribution in [0.15, 0.2) is 46.8 Å². The number of ether oxygens (including phenoxy) is 4. The molecule has 196 valence electrons. The predicted octanol–water partition coefficient (Wildman–Crippen LogP) is 4.06. The van der Waals surface area contributed by atoms with Gasteiger partial charge in [0.2, 0.25) is 0 Å². The topological polar surface area (TPSA) is 100 Å². The summed E-state index contributed by atoms with van der Waals surface area (Å²) in [5.74, 6) is -2.56. The number of Topliss-reactive ketones (excluding diaryl/α,β-unsaturated/α-hetero) is 1. The van der Waals surface area contributed by atoms with Crippen molar-refractivity contribution >= 4 is 17.7 Å². The number of hydrogen-bond acceptors (Lipinski definition) is 8. The number of allylic oxidation sites excluding steroid dienone is 3. The molecular weight excluding hydrogens is 462 g/mol. The van der Waals surface area contributed by atoms with Crippen LogP contribution in [0.3, 0.4) is 0 Å². The Morgan fingerprint density at radius 1 is 1.03 bits per heavy atom. The van der Waals surface area contributed by atoms with E-state index in [1.807, 2.05) is 45.0 Å². The monoisotopic (exact) mass is 499 g/mol. The third-order valence-corrected chi connectivity index (χ3v) is 6.46. The lowest BCUT2D eigenvalue weighted by Crippen LogP contribution is -2.43. The van der Waals surface area contributed by atoms with E-state index in [9.17, 15) is 14.4 Å². The Bertz CT molecular complexity index is 1020. The molecule has 1 aliphatic carbocycles. The maximum absolute atomic E-state index is 13.8. The minimum atomic E-state index is -0.927. The predicted molar refractivity (Wildman–Crippen MR) is 134 cm³/mol. The molecule has 0 radical (unpaired) electrons. The Balaban J connectivity index is 2.00. The van der Waals surface area contributed by atoms with Gasteiger partial charge in [-0.15, -0.1) is 0 Å². The van der Waals surface area contributed by atoms with Gasteiger partial charge in [-0.05, 0) is 49.8 Å². The van der Waals surface area contributed by atoms with E-state index in [1.165, 1.54) is 7.11 Å². The van der Waals surface area contributed by atoms with Crippen molar-refractivity contribution in [3.63, 3.8) is 0 Å². The molecule has 36 heavy (non-hydrogen) atoms. The molecule has 1 aromatic rings. The fourth-order valence-electron chi connectivity index (χ4n) is 4.78. The fourth-order valence-corrected chi connectivity index (χ4v) is 4.78. The Labute approximate surface area is 213 Å². The summed E-state index contributed by atoms with van der Waals surface area (Å²) in [7, 11) is 1.28. The molecule has 8 nitrogen and oxygen atoms in total. The number of ketones is 1. The highest BCUT2D eigenvalue weighted by Gasteiger charge is 2.47. The summed E-state index contributed by atoms with van der Waals surface area (Å²) < 4.78 is 21.6. The highest BCUT2D eigenvalue weighted by molar-refractivity contribution is 6.12. The molecule has 0 spiro atoms. The number of dihydropyridines is 1. The van der Waals surface area contributed by atoms with Gasteiger partial charge in [0.05, 0.1) is 25.9 Å². The van der Waals surface area contributed by atoms with Crippen molar-refractivity contribution in [2.45, 2.75) is 52.9 Å². The number of methoxy groups -OCH3 is 1. The van der Waals surface area contributed by atoms with Crippen LogP contribution >= 0.6 is 0 Å². The largest absolute Gasteiger partial charge is 0.494 e. The second-order valence-corrected chi connectivity index (χ2v) is 9.20. The van der Waals surface area contributed by atoms with E-state index in [1.54, 1.807) is 6.92 Å². The van der Waals surface area contributed by atoms with E-state index >= 15 is 0 Å². The van der Waals surface area contributed by atoms with Crippen molar-refractivity contribution in [1.29, 1.82) is 0 Å². The van der Waals surface area contributed by atoms with Gasteiger partial charge in [0.15, 0.2) is 5.78 Å². The molecule has 0 saturated carbocycles. The van der Waals surface area contributed by atoms with Crippen molar-refractivity contribution in [2.75, 3.05) is 33.5 Å². The summed E-state index contributed by atoms with van der Waals surface area (Å²) in [6, 6.07) is 7.37. The van der Waals surface area contributed by atoms with Gasteiger partial charge < -0.3 is 24.3 Å². The minimum Gasteiger partial charge on any atom is -0.494 e. The number of rotatable bonds is 11. The number of benzene rings is 1. The Hall–Kier alpha value is -3.13. The average molecular weight is 500 g/mol. The molecule has 1 aromatic carbocycles. The Morgan fingerprint density at radius 2 is 1.72 bits per heavy atom. The molecule has 0 aromatic heterocycles. The molecule has 1 aliphatic heterocycles. The lowest BCUT2D eigenvalue weighted by molar-refractivity contribution is -0.151. The van der Waals surface area contributed by atoms with Crippen LogP contribution < -0.4 is 10.1 Å². The summed E-state index contributed by atoms with van der Waals surface area (Å²) in [6.45, 7) is 9.29. The fraction of sp³-hybridized carbons (Fsp3) is 0.536. The van der Waals surface area contributed by atoms with Crippen LogP contribution in [0.2, 0.25) is 0 Å². The molecule has 3 atom stereocenters. The van der Waals surface area contributed by atoms with Crippen LogP contribution in [0.5, 0.6) is 5.75 Å². The van der Waals surface area contributed by atoms with Gasteiger partial charge in [0.25, 0.3) is 0 Å². The summed E-state index contributed by atoms with van der Waals surface area (Å²) in [6.07, 6.45) is 2.24. The van der Waals surface area contributed by atoms with Crippen molar-refractivity contribution in [2.24, 2.45) is 11.8 Å². The third-order valence-electron chi connectivity index (χ3n) is 6.46. The Morgan fingerprint density at radius 3 is 2.36 bits per heavy atom. The zero-order valence-electron chi connectivity index (χ0n) is 21.8. The van der Waals surface area contributed by atoms with E-state index in [-0.39, 0.29) is 18.3 Å². The molecule has 0 unspecified atom stereocenters. The zero-order valence-corrected chi connectivity index (χ0v) is 21.8. The van der Waals surface area contributed by atoms with Crippen molar-refractivity contribution in [3.8, 4) is 5.75 Å². The maximum atomic E-state index is 13.8. The summed E-state index contributed by atoms with van der Waals surface area (Å²) >= 11 is 0. The molecule has 0 saturated heterocycles. The highest BCUT2D eigenvalue weighted by atomic mass is 16.6. The lowest BCUT2D eigenvalue weighted by atomic mass is 9.69. The van der Waals surface area contributed by atoms with Crippen LogP contribution in [-0.4, -0.2) is 51.3 Å². The normalized spacial score (nSPS) is 21.6. The zero-order chi connectivity index (χ0) is 26.2. The lowest BCUT2D eigenvalue weighted by Gasteiger charge is -2.38. The van der Waals surface area contributed by atoms with Crippen LogP contribution in [0.4, 0.5) is 0 Å². The molecular formula is C28H37NO7. The number of carbonyl (C=O) groups is 3. The first-order chi connectivity index (χ1) is 17.3. The second kappa shape index (κ2) is 12.7. The number of nitrogens with one attached hydrogen (secondary N) is 1. The first-order valence-electron chi connectivity index (χ1n) is 12.6. The van der Waals surface area contributed by atoms with Crippen LogP contribution in [0.25, 0.3) is 0 Å². The summed E-state index contributed by atoms with van der Waals surface area (Å²) in [5, 5.41) is 3.27. The van der Waals surface area contributed by atoms with E-state index in [0.29, 0.717) is 48.8 Å². The molecule has 8 heteroatoms. The van der Waals surface area contributed by atoms with Gasteiger partial charge in [0.1, 0.15) is 18.3 Å². The molecule has 1 heterocycles. The van der Waals surface area contributed by atoms with E-state index in [0.717, 1.165) is 24.1 Å². The number of carbonyl (C=O) groups excluding carboxylic acids is 3. The van der Waals surface area contributed by atoms with Crippen LogP contribution in [-0.2, 0) is 28.6 Å². The average Bonchev–Trinajstić information content (AvgIpc) is 2.86. The van der Waals surface area contributed by atoms with Gasteiger partial charge in [-0.2, -0.15) is 0 Å². The van der Waals surface area contributed by atoms with Crippen molar-refractivity contribution in [1.82, 2.24) is 5.32 Å². The SMILES string of the molecule is CCCOCCOC(=O)C1=C(C)NC2=C(C(=O)[C@H](C(=O)OC)[C@H](C)C2)[C@@H]1c1ccc(OCCC)cc1. The number of esters is 2. The second-order valence-electron chi connectivity index (χ2n) is 9.20. The molecule has 2 aliphatic rings. The standard InChI is InChI=1S/C28H37NO7/c1-6-12-34-14-15-36-28(32)23-18(4)29-21-16-17(3)22(27(31)33-5)26(30)25(21)24(23)19-8-10-20(11-9-19)35-13-7-2/h8-11,17,22,24,29H,6-7,12-16H2,1-5H3/t17-,22-,24-/m1/s1.